The normalized spacial score (nSPS) is 13.0. The summed E-state index contributed by atoms with van der Waals surface area (Å²) in [6.45, 7) is 3.08. The van der Waals surface area contributed by atoms with Crippen molar-refractivity contribution in [3.05, 3.63) is 64.4 Å². The number of carbonyl (C=O) groups excluding carboxylic acids is 1. The first-order valence-corrected chi connectivity index (χ1v) is 9.73. The van der Waals surface area contributed by atoms with Gasteiger partial charge in [0, 0.05) is 35.9 Å². The van der Waals surface area contributed by atoms with Gasteiger partial charge in [0.1, 0.15) is 6.33 Å². The van der Waals surface area contributed by atoms with E-state index in [2.05, 4.69) is 64.6 Å². The predicted octanol–water partition coefficient (Wildman–Crippen LogP) is 3.90. The summed E-state index contributed by atoms with van der Waals surface area (Å²) in [5.74, 6) is 0.989. The molecule has 142 valence electrons. The molecule has 4 rings (SSSR count). The third-order valence-corrected chi connectivity index (χ3v) is 5.23. The Morgan fingerprint density at radius 1 is 1.14 bits per heavy atom. The maximum atomic E-state index is 11.2. The lowest BCUT2D eigenvalue weighted by molar-refractivity contribution is -0.114. The van der Waals surface area contributed by atoms with Crippen molar-refractivity contribution in [2.45, 2.75) is 19.9 Å². The Hall–Kier alpha value is -3.00. The summed E-state index contributed by atoms with van der Waals surface area (Å²) in [7, 11) is 0. The van der Waals surface area contributed by atoms with Crippen molar-refractivity contribution in [3.8, 4) is 0 Å². The molecule has 8 heteroatoms. The minimum Gasteiger partial charge on any atom is -0.336 e. The molecule has 0 spiro atoms. The molecule has 0 saturated carbocycles. The van der Waals surface area contributed by atoms with Crippen LogP contribution in [0.25, 0.3) is 0 Å². The van der Waals surface area contributed by atoms with Crippen LogP contribution >= 0.6 is 15.9 Å². The third-order valence-electron chi connectivity index (χ3n) is 4.49. The predicted molar refractivity (Wildman–Crippen MR) is 113 cm³/mol. The average molecular weight is 439 g/mol. The van der Waals surface area contributed by atoms with Crippen molar-refractivity contribution in [2.24, 2.45) is 0 Å². The first kappa shape index (κ1) is 18.4. The SMILES string of the molecule is CC(=O)Nc1cccc(Nc2ncnc(N3CCc4c(Br)cccc4C3)n2)c1. The van der Waals surface area contributed by atoms with E-state index in [9.17, 15) is 4.79 Å². The summed E-state index contributed by atoms with van der Waals surface area (Å²) in [6.07, 6.45) is 2.45. The minimum absolute atomic E-state index is 0.114. The first-order chi connectivity index (χ1) is 13.6. The third kappa shape index (κ3) is 4.12. The Morgan fingerprint density at radius 2 is 1.96 bits per heavy atom. The Bertz CT molecular complexity index is 1030. The van der Waals surface area contributed by atoms with Gasteiger partial charge < -0.3 is 15.5 Å². The van der Waals surface area contributed by atoms with Crippen LogP contribution in [0.5, 0.6) is 0 Å². The van der Waals surface area contributed by atoms with Crippen molar-refractivity contribution >= 4 is 45.1 Å². The molecule has 1 aliphatic rings. The highest BCUT2D eigenvalue weighted by molar-refractivity contribution is 9.10. The van der Waals surface area contributed by atoms with Crippen LogP contribution in [0.2, 0.25) is 0 Å². The topological polar surface area (TPSA) is 83.0 Å². The molecule has 1 aliphatic heterocycles. The smallest absolute Gasteiger partial charge is 0.232 e. The highest BCUT2D eigenvalue weighted by atomic mass is 79.9. The van der Waals surface area contributed by atoms with Crippen molar-refractivity contribution in [2.75, 3.05) is 22.1 Å². The molecular weight excluding hydrogens is 420 g/mol. The van der Waals surface area contributed by atoms with E-state index in [1.54, 1.807) is 0 Å². The van der Waals surface area contributed by atoms with Crippen molar-refractivity contribution < 1.29 is 4.79 Å². The Morgan fingerprint density at radius 3 is 2.82 bits per heavy atom. The van der Waals surface area contributed by atoms with Gasteiger partial charge in [-0.1, -0.05) is 34.1 Å². The largest absolute Gasteiger partial charge is 0.336 e. The number of halogens is 1. The molecule has 0 aliphatic carbocycles. The van der Waals surface area contributed by atoms with Crippen LogP contribution < -0.4 is 15.5 Å². The molecule has 2 aromatic carbocycles. The number of nitrogens with one attached hydrogen (secondary N) is 2. The van der Waals surface area contributed by atoms with Crippen molar-refractivity contribution in [1.82, 2.24) is 15.0 Å². The number of benzene rings is 2. The molecule has 0 atom stereocenters. The standard InChI is InChI=1S/C20H19BrN6O/c1-13(28)24-15-5-3-6-16(10-15)25-19-22-12-23-20(26-19)27-9-8-17-14(11-27)4-2-7-18(17)21/h2-7,10,12H,8-9,11H2,1H3,(H,24,28)(H,22,23,25,26). The number of anilines is 4. The number of hydrogen-bond donors (Lipinski definition) is 2. The Labute approximate surface area is 171 Å². The second kappa shape index (κ2) is 7.93. The number of rotatable bonds is 4. The zero-order valence-electron chi connectivity index (χ0n) is 15.3. The summed E-state index contributed by atoms with van der Waals surface area (Å²) < 4.78 is 1.15. The van der Waals surface area contributed by atoms with Crippen LogP contribution in [0, 0.1) is 0 Å². The zero-order chi connectivity index (χ0) is 19.5. The van der Waals surface area contributed by atoms with E-state index in [0.29, 0.717) is 17.6 Å². The van der Waals surface area contributed by atoms with E-state index >= 15 is 0 Å². The van der Waals surface area contributed by atoms with E-state index in [1.807, 2.05) is 24.3 Å². The van der Waals surface area contributed by atoms with E-state index in [0.717, 1.165) is 29.7 Å². The molecular formula is C20H19BrN6O. The van der Waals surface area contributed by atoms with Gasteiger partial charge in [-0.25, -0.2) is 9.97 Å². The Balaban J connectivity index is 1.52. The van der Waals surface area contributed by atoms with Crippen LogP contribution in [0.4, 0.5) is 23.3 Å². The summed E-state index contributed by atoms with van der Waals surface area (Å²) in [5.41, 5.74) is 4.13. The van der Waals surface area contributed by atoms with Crippen LogP contribution in [-0.4, -0.2) is 27.4 Å². The fourth-order valence-electron chi connectivity index (χ4n) is 3.24. The molecule has 3 aromatic rings. The first-order valence-electron chi connectivity index (χ1n) is 8.93. The van der Waals surface area contributed by atoms with Gasteiger partial charge in [-0.3, -0.25) is 4.79 Å². The Kier molecular flexibility index (Phi) is 5.21. The number of carbonyl (C=O) groups is 1. The summed E-state index contributed by atoms with van der Waals surface area (Å²) in [5, 5.41) is 5.94. The maximum absolute atomic E-state index is 11.2. The summed E-state index contributed by atoms with van der Waals surface area (Å²) in [4.78, 5) is 26.5. The number of fused-ring (bicyclic) bond motifs is 1. The van der Waals surface area contributed by atoms with Gasteiger partial charge in [0.15, 0.2) is 0 Å². The van der Waals surface area contributed by atoms with Gasteiger partial charge in [0.05, 0.1) is 0 Å². The number of amides is 1. The second-order valence-electron chi connectivity index (χ2n) is 6.55. The molecule has 0 fully saturated rings. The van der Waals surface area contributed by atoms with Crippen molar-refractivity contribution in [1.29, 1.82) is 0 Å². The van der Waals surface area contributed by atoms with Crippen LogP contribution in [-0.2, 0) is 17.8 Å². The molecule has 0 bridgehead atoms. The molecule has 2 heterocycles. The molecule has 0 radical (unpaired) electrons. The molecule has 0 saturated heterocycles. The highest BCUT2D eigenvalue weighted by Crippen LogP contribution is 2.28. The van der Waals surface area contributed by atoms with Crippen LogP contribution in [0.1, 0.15) is 18.1 Å². The molecule has 0 unspecified atom stereocenters. The van der Waals surface area contributed by atoms with Crippen LogP contribution in [0.3, 0.4) is 0 Å². The van der Waals surface area contributed by atoms with Gasteiger partial charge in [-0.15, -0.1) is 0 Å². The van der Waals surface area contributed by atoms with E-state index < -0.39 is 0 Å². The van der Waals surface area contributed by atoms with Gasteiger partial charge in [0.25, 0.3) is 0 Å². The van der Waals surface area contributed by atoms with E-state index in [-0.39, 0.29) is 5.91 Å². The lowest BCUT2D eigenvalue weighted by Crippen LogP contribution is -2.32. The molecule has 1 aromatic heterocycles. The van der Waals surface area contributed by atoms with Crippen molar-refractivity contribution in [3.63, 3.8) is 0 Å². The zero-order valence-corrected chi connectivity index (χ0v) is 16.9. The highest BCUT2D eigenvalue weighted by Gasteiger charge is 2.20. The summed E-state index contributed by atoms with van der Waals surface area (Å²) in [6, 6.07) is 13.7. The van der Waals surface area contributed by atoms with Gasteiger partial charge in [-0.2, -0.15) is 4.98 Å². The van der Waals surface area contributed by atoms with Gasteiger partial charge in [-0.05, 0) is 41.8 Å². The van der Waals surface area contributed by atoms with Gasteiger partial charge >= 0.3 is 0 Å². The lowest BCUT2D eigenvalue weighted by Gasteiger charge is -2.29. The quantitative estimate of drug-likeness (QED) is 0.642. The molecule has 2 N–H and O–H groups in total. The maximum Gasteiger partial charge on any atom is 0.232 e. The van der Waals surface area contributed by atoms with Crippen LogP contribution in [0.15, 0.2) is 53.3 Å². The number of hydrogen-bond acceptors (Lipinski definition) is 6. The number of nitrogens with zero attached hydrogens (tertiary/aromatic N) is 4. The lowest BCUT2D eigenvalue weighted by atomic mass is 10.0. The molecule has 7 nitrogen and oxygen atoms in total. The molecule has 28 heavy (non-hydrogen) atoms. The fourth-order valence-corrected chi connectivity index (χ4v) is 3.85. The minimum atomic E-state index is -0.114. The summed E-state index contributed by atoms with van der Waals surface area (Å²) >= 11 is 3.63. The van der Waals surface area contributed by atoms with E-state index in [1.165, 1.54) is 24.4 Å². The van der Waals surface area contributed by atoms with E-state index in [4.69, 9.17) is 0 Å². The average Bonchev–Trinajstić information content (AvgIpc) is 2.68. The molecule has 1 amide bonds. The number of aromatic nitrogens is 3. The van der Waals surface area contributed by atoms with Gasteiger partial charge in [0.2, 0.25) is 17.8 Å². The fraction of sp³-hybridized carbons (Fsp3) is 0.200. The monoisotopic (exact) mass is 438 g/mol. The second-order valence-corrected chi connectivity index (χ2v) is 7.40.